The topological polar surface area (TPSA) is 79.2 Å². The summed E-state index contributed by atoms with van der Waals surface area (Å²) in [4.78, 5) is 0.00851. The average Bonchev–Trinajstić information content (AvgIpc) is 2.56. The molecule has 0 atom stereocenters. The summed E-state index contributed by atoms with van der Waals surface area (Å²) < 4.78 is 32.4. The van der Waals surface area contributed by atoms with Crippen LogP contribution in [0.5, 0.6) is 5.75 Å². The van der Waals surface area contributed by atoms with E-state index < -0.39 is 10.0 Å². The van der Waals surface area contributed by atoms with Crippen molar-refractivity contribution in [3.8, 4) is 11.8 Å². The molecule has 2 aromatic rings. The fourth-order valence-corrected chi connectivity index (χ4v) is 3.31. The fourth-order valence-electron chi connectivity index (χ4n) is 2.12. The zero-order valence-electron chi connectivity index (χ0n) is 12.8. The third kappa shape index (κ3) is 4.55. The molecule has 0 bridgehead atoms. The standard InChI is InChI=1S/C17H18N2O3S/c1-2-22-16-9-7-14(8-10-16)11-12-19-23(20,21)17-6-4-3-5-15(17)13-18/h3-10,19H,2,11-12H2,1H3. The summed E-state index contributed by atoms with van der Waals surface area (Å²) in [5.74, 6) is 0.791. The van der Waals surface area contributed by atoms with Gasteiger partial charge in [0.15, 0.2) is 0 Å². The van der Waals surface area contributed by atoms with Crippen LogP contribution >= 0.6 is 0 Å². The first-order chi connectivity index (χ1) is 11.1. The first-order valence-corrected chi connectivity index (χ1v) is 8.75. The quantitative estimate of drug-likeness (QED) is 0.846. The van der Waals surface area contributed by atoms with Gasteiger partial charge in [-0.1, -0.05) is 24.3 Å². The van der Waals surface area contributed by atoms with Crippen molar-refractivity contribution in [2.45, 2.75) is 18.2 Å². The molecule has 0 heterocycles. The van der Waals surface area contributed by atoms with Crippen molar-refractivity contribution in [3.63, 3.8) is 0 Å². The zero-order chi connectivity index (χ0) is 16.7. The van der Waals surface area contributed by atoms with E-state index in [1.54, 1.807) is 12.1 Å². The second-order valence-corrected chi connectivity index (χ2v) is 6.57. The molecule has 0 aliphatic carbocycles. The molecule has 2 rings (SSSR count). The second kappa shape index (κ2) is 7.77. The Labute approximate surface area is 136 Å². The molecule has 0 saturated carbocycles. The smallest absolute Gasteiger partial charge is 0.241 e. The van der Waals surface area contributed by atoms with E-state index in [4.69, 9.17) is 10.00 Å². The first kappa shape index (κ1) is 17.0. The number of sulfonamides is 1. The summed E-state index contributed by atoms with van der Waals surface area (Å²) >= 11 is 0. The van der Waals surface area contributed by atoms with Gasteiger partial charge in [0.1, 0.15) is 11.8 Å². The van der Waals surface area contributed by atoms with Crippen LogP contribution in [0, 0.1) is 11.3 Å². The monoisotopic (exact) mass is 330 g/mol. The summed E-state index contributed by atoms with van der Waals surface area (Å²) in [6.45, 7) is 2.79. The van der Waals surface area contributed by atoms with Crippen LogP contribution in [-0.4, -0.2) is 21.6 Å². The third-order valence-electron chi connectivity index (χ3n) is 3.24. The lowest BCUT2D eigenvalue weighted by atomic mass is 10.1. The Bertz CT molecular complexity index is 793. The van der Waals surface area contributed by atoms with Crippen molar-refractivity contribution in [1.29, 1.82) is 5.26 Å². The summed E-state index contributed by atoms with van der Waals surface area (Å²) in [5, 5.41) is 9.00. The summed E-state index contributed by atoms with van der Waals surface area (Å²) in [5.41, 5.74) is 1.14. The van der Waals surface area contributed by atoms with Crippen molar-refractivity contribution in [3.05, 3.63) is 59.7 Å². The van der Waals surface area contributed by atoms with Crippen LogP contribution in [0.3, 0.4) is 0 Å². The number of benzene rings is 2. The minimum atomic E-state index is -3.69. The number of hydrogen-bond acceptors (Lipinski definition) is 4. The van der Waals surface area contributed by atoms with E-state index in [0.717, 1.165) is 11.3 Å². The van der Waals surface area contributed by atoms with E-state index in [9.17, 15) is 8.42 Å². The van der Waals surface area contributed by atoms with Crippen molar-refractivity contribution >= 4 is 10.0 Å². The highest BCUT2D eigenvalue weighted by atomic mass is 32.2. The molecule has 2 aromatic carbocycles. The molecule has 23 heavy (non-hydrogen) atoms. The van der Waals surface area contributed by atoms with Gasteiger partial charge in [0.2, 0.25) is 10.0 Å². The fraction of sp³-hybridized carbons (Fsp3) is 0.235. The predicted octanol–water partition coefficient (Wildman–Crippen LogP) is 2.48. The highest BCUT2D eigenvalue weighted by molar-refractivity contribution is 7.89. The van der Waals surface area contributed by atoms with E-state index in [2.05, 4.69) is 4.72 Å². The minimum Gasteiger partial charge on any atom is -0.494 e. The van der Waals surface area contributed by atoms with Gasteiger partial charge in [0, 0.05) is 6.54 Å². The molecule has 0 aliphatic heterocycles. The Hall–Kier alpha value is -2.36. The lowest BCUT2D eigenvalue weighted by Crippen LogP contribution is -2.26. The maximum absolute atomic E-state index is 12.3. The molecule has 120 valence electrons. The highest BCUT2D eigenvalue weighted by Crippen LogP contribution is 2.15. The van der Waals surface area contributed by atoms with Gasteiger partial charge in [-0.3, -0.25) is 0 Å². The van der Waals surface area contributed by atoms with E-state index in [1.807, 2.05) is 37.3 Å². The molecule has 0 aromatic heterocycles. The van der Waals surface area contributed by atoms with Gasteiger partial charge < -0.3 is 4.74 Å². The van der Waals surface area contributed by atoms with Gasteiger partial charge in [-0.2, -0.15) is 5.26 Å². The molecule has 0 aliphatic rings. The SMILES string of the molecule is CCOc1ccc(CCNS(=O)(=O)c2ccccc2C#N)cc1. The predicted molar refractivity (Wildman–Crippen MR) is 87.7 cm³/mol. The lowest BCUT2D eigenvalue weighted by Gasteiger charge is -2.08. The molecular weight excluding hydrogens is 312 g/mol. The van der Waals surface area contributed by atoms with Gasteiger partial charge in [0.05, 0.1) is 17.1 Å². The molecule has 0 unspecified atom stereocenters. The lowest BCUT2D eigenvalue weighted by molar-refractivity contribution is 0.340. The van der Waals surface area contributed by atoms with Crippen molar-refractivity contribution in [1.82, 2.24) is 4.72 Å². The molecule has 1 N–H and O–H groups in total. The molecule has 0 radical (unpaired) electrons. The molecule has 0 spiro atoms. The minimum absolute atomic E-state index is 0.00851. The summed E-state index contributed by atoms with van der Waals surface area (Å²) in [6, 6.07) is 15.6. The Morgan fingerprint density at radius 3 is 2.48 bits per heavy atom. The number of nitrogens with one attached hydrogen (secondary N) is 1. The van der Waals surface area contributed by atoms with E-state index >= 15 is 0 Å². The van der Waals surface area contributed by atoms with Crippen LogP contribution in [0.2, 0.25) is 0 Å². The van der Waals surface area contributed by atoms with Gasteiger partial charge in [-0.25, -0.2) is 13.1 Å². The normalized spacial score (nSPS) is 11.0. The van der Waals surface area contributed by atoms with Crippen molar-refractivity contribution < 1.29 is 13.2 Å². The van der Waals surface area contributed by atoms with E-state index in [0.29, 0.717) is 13.0 Å². The van der Waals surface area contributed by atoms with Crippen LogP contribution in [0.4, 0.5) is 0 Å². The largest absolute Gasteiger partial charge is 0.494 e. The van der Waals surface area contributed by atoms with Gasteiger partial charge in [-0.15, -0.1) is 0 Å². The van der Waals surface area contributed by atoms with Gasteiger partial charge in [-0.05, 0) is 43.2 Å². The molecule has 0 saturated heterocycles. The maximum atomic E-state index is 12.3. The van der Waals surface area contributed by atoms with Crippen LogP contribution < -0.4 is 9.46 Å². The summed E-state index contributed by atoms with van der Waals surface area (Å²) in [7, 11) is -3.69. The Morgan fingerprint density at radius 2 is 1.83 bits per heavy atom. The molecule has 5 nitrogen and oxygen atoms in total. The van der Waals surface area contributed by atoms with Gasteiger partial charge in [0.25, 0.3) is 0 Å². The first-order valence-electron chi connectivity index (χ1n) is 7.27. The average molecular weight is 330 g/mol. The number of ether oxygens (including phenoxy) is 1. The van der Waals surface area contributed by atoms with Crippen molar-refractivity contribution in [2.24, 2.45) is 0 Å². The Kier molecular flexibility index (Phi) is 5.74. The molecule has 0 fully saturated rings. The Morgan fingerprint density at radius 1 is 1.13 bits per heavy atom. The van der Waals surface area contributed by atoms with Crippen LogP contribution in [0.25, 0.3) is 0 Å². The summed E-state index contributed by atoms with van der Waals surface area (Å²) in [6.07, 6.45) is 0.556. The number of nitrogens with zero attached hydrogens (tertiary/aromatic N) is 1. The number of rotatable bonds is 7. The van der Waals surface area contributed by atoms with Crippen LogP contribution in [0.1, 0.15) is 18.1 Å². The number of nitriles is 1. The van der Waals surface area contributed by atoms with E-state index in [-0.39, 0.29) is 17.0 Å². The molecule has 6 heteroatoms. The highest BCUT2D eigenvalue weighted by Gasteiger charge is 2.17. The maximum Gasteiger partial charge on any atom is 0.241 e. The Balaban J connectivity index is 1.99. The zero-order valence-corrected chi connectivity index (χ0v) is 13.6. The van der Waals surface area contributed by atoms with Crippen LogP contribution in [0.15, 0.2) is 53.4 Å². The third-order valence-corrected chi connectivity index (χ3v) is 4.76. The second-order valence-electron chi connectivity index (χ2n) is 4.83. The van der Waals surface area contributed by atoms with Gasteiger partial charge >= 0.3 is 0 Å². The van der Waals surface area contributed by atoms with E-state index in [1.165, 1.54) is 12.1 Å². The molecule has 0 amide bonds. The molecular formula is C17H18N2O3S. The van der Waals surface area contributed by atoms with Crippen molar-refractivity contribution in [2.75, 3.05) is 13.2 Å². The van der Waals surface area contributed by atoms with Crippen LogP contribution in [-0.2, 0) is 16.4 Å². The number of hydrogen-bond donors (Lipinski definition) is 1.